The molecule has 4 nitrogen and oxygen atoms in total. The van der Waals surface area contributed by atoms with Gasteiger partial charge in [-0.1, -0.05) is 6.07 Å². The maximum absolute atomic E-state index is 11.8. The highest BCUT2D eigenvalue weighted by Crippen LogP contribution is 2.24. The number of phenolic OH excluding ortho intramolecular Hbond substituents is 1. The van der Waals surface area contributed by atoms with Crippen molar-refractivity contribution in [2.24, 2.45) is 0 Å². The molecule has 0 radical (unpaired) electrons. The van der Waals surface area contributed by atoms with E-state index in [0.717, 1.165) is 31.4 Å². The minimum Gasteiger partial charge on any atom is -0.506 e. The van der Waals surface area contributed by atoms with Crippen LogP contribution in [0, 0.1) is 6.92 Å². The third-order valence-corrected chi connectivity index (χ3v) is 3.14. The number of aromatic hydroxyl groups is 1. The Bertz CT molecular complexity index is 425. The van der Waals surface area contributed by atoms with Crippen LogP contribution in [-0.4, -0.2) is 23.7 Å². The van der Waals surface area contributed by atoms with Crippen molar-refractivity contribution < 1.29 is 14.6 Å². The van der Waals surface area contributed by atoms with E-state index < -0.39 is 0 Å². The van der Waals surface area contributed by atoms with Crippen molar-refractivity contribution in [2.45, 2.75) is 38.7 Å². The summed E-state index contributed by atoms with van der Waals surface area (Å²) in [5, 5.41) is 12.4. The van der Waals surface area contributed by atoms with Gasteiger partial charge < -0.3 is 15.2 Å². The first-order valence-electron chi connectivity index (χ1n) is 6.36. The molecule has 1 atom stereocenters. The topological polar surface area (TPSA) is 58.6 Å². The van der Waals surface area contributed by atoms with E-state index in [4.69, 9.17) is 4.74 Å². The molecule has 1 aromatic carbocycles. The first-order chi connectivity index (χ1) is 8.65. The Balaban J connectivity index is 1.84. The highest BCUT2D eigenvalue weighted by atomic mass is 16.5. The number of ether oxygens (including phenoxy) is 1. The van der Waals surface area contributed by atoms with Crippen molar-refractivity contribution in [3.63, 3.8) is 0 Å². The van der Waals surface area contributed by atoms with Crippen LogP contribution in [0.15, 0.2) is 18.2 Å². The van der Waals surface area contributed by atoms with Crippen LogP contribution in [0.4, 0.5) is 5.69 Å². The average molecular weight is 249 g/mol. The fourth-order valence-corrected chi connectivity index (χ4v) is 2.13. The second-order valence-electron chi connectivity index (χ2n) is 4.74. The van der Waals surface area contributed by atoms with Crippen LogP contribution in [-0.2, 0) is 9.53 Å². The maximum atomic E-state index is 11.8. The number of anilines is 1. The number of amides is 1. The molecule has 1 saturated heterocycles. The maximum Gasteiger partial charge on any atom is 0.224 e. The summed E-state index contributed by atoms with van der Waals surface area (Å²) in [7, 11) is 0. The highest BCUT2D eigenvalue weighted by Gasteiger charge is 2.17. The summed E-state index contributed by atoms with van der Waals surface area (Å²) in [6.07, 6.45) is 3.53. The van der Waals surface area contributed by atoms with E-state index in [1.807, 2.05) is 6.92 Å². The lowest BCUT2D eigenvalue weighted by atomic mass is 10.1. The van der Waals surface area contributed by atoms with Crippen molar-refractivity contribution in [3.05, 3.63) is 23.8 Å². The van der Waals surface area contributed by atoms with Gasteiger partial charge in [0.15, 0.2) is 0 Å². The zero-order chi connectivity index (χ0) is 13.0. The normalized spacial score (nSPS) is 18.8. The summed E-state index contributed by atoms with van der Waals surface area (Å²) < 4.78 is 5.47. The number of nitrogens with one attached hydrogen (secondary N) is 1. The Morgan fingerprint density at radius 2 is 2.39 bits per heavy atom. The van der Waals surface area contributed by atoms with E-state index in [0.29, 0.717) is 12.1 Å². The van der Waals surface area contributed by atoms with E-state index in [9.17, 15) is 9.90 Å². The molecule has 98 valence electrons. The molecule has 1 aliphatic heterocycles. The van der Waals surface area contributed by atoms with Crippen LogP contribution in [0.5, 0.6) is 5.75 Å². The number of phenols is 1. The van der Waals surface area contributed by atoms with E-state index >= 15 is 0 Å². The lowest BCUT2D eigenvalue weighted by Crippen LogP contribution is -2.15. The Morgan fingerprint density at radius 3 is 3.11 bits per heavy atom. The molecular formula is C14H19NO3. The van der Waals surface area contributed by atoms with Gasteiger partial charge in [-0.25, -0.2) is 0 Å². The van der Waals surface area contributed by atoms with Crippen LogP contribution in [0.1, 0.15) is 31.2 Å². The van der Waals surface area contributed by atoms with Gasteiger partial charge in [-0.05, 0) is 43.9 Å². The van der Waals surface area contributed by atoms with Crippen molar-refractivity contribution in [2.75, 3.05) is 11.9 Å². The molecule has 2 rings (SSSR count). The van der Waals surface area contributed by atoms with Gasteiger partial charge >= 0.3 is 0 Å². The standard InChI is InChI=1S/C14H19NO3/c1-10-4-6-13(16)12(9-10)15-14(17)7-5-11-3-2-8-18-11/h4,6,9,11,16H,2-3,5,7-8H2,1H3,(H,15,17). The second-order valence-corrected chi connectivity index (χ2v) is 4.74. The smallest absolute Gasteiger partial charge is 0.224 e. The van der Waals surface area contributed by atoms with Gasteiger partial charge in [0.05, 0.1) is 11.8 Å². The first-order valence-corrected chi connectivity index (χ1v) is 6.36. The molecule has 0 saturated carbocycles. The Labute approximate surface area is 107 Å². The number of carbonyl (C=O) groups excluding carboxylic acids is 1. The number of hydrogen-bond acceptors (Lipinski definition) is 3. The number of benzene rings is 1. The van der Waals surface area contributed by atoms with E-state index in [-0.39, 0.29) is 17.8 Å². The Hall–Kier alpha value is -1.55. The SMILES string of the molecule is Cc1ccc(O)c(NC(=O)CCC2CCCO2)c1. The van der Waals surface area contributed by atoms with E-state index in [1.165, 1.54) is 0 Å². The lowest BCUT2D eigenvalue weighted by Gasteiger charge is -2.10. The summed E-state index contributed by atoms with van der Waals surface area (Å²) >= 11 is 0. The van der Waals surface area contributed by atoms with Crippen LogP contribution >= 0.6 is 0 Å². The molecule has 1 fully saturated rings. The average Bonchev–Trinajstić information content (AvgIpc) is 2.84. The second kappa shape index (κ2) is 5.87. The number of rotatable bonds is 4. The number of carbonyl (C=O) groups is 1. The Morgan fingerprint density at radius 1 is 1.56 bits per heavy atom. The Kier molecular flexibility index (Phi) is 4.20. The van der Waals surface area contributed by atoms with E-state index in [2.05, 4.69) is 5.32 Å². The monoisotopic (exact) mass is 249 g/mol. The molecule has 0 bridgehead atoms. The molecule has 0 spiro atoms. The van der Waals surface area contributed by atoms with Crippen molar-refractivity contribution in [1.29, 1.82) is 0 Å². The van der Waals surface area contributed by atoms with Gasteiger partial charge in [-0.3, -0.25) is 4.79 Å². The molecule has 1 aromatic rings. The minimum atomic E-state index is -0.0774. The summed E-state index contributed by atoms with van der Waals surface area (Å²) in [6, 6.07) is 5.15. The summed E-state index contributed by atoms with van der Waals surface area (Å²) in [5.41, 5.74) is 1.48. The van der Waals surface area contributed by atoms with Gasteiger partial charge in [-0.15, -0.1) is 0 Å². The predicted octanol–water partition coefficient (Wildman–Crippen LogP) is 2.60. The molecule has 1 heterocycles. The largest absolute Gasteiger partial charge is 0.506 e. The van der Waals surface area contributed by atoms with Crippen LogP contribution in [0.2, 0.25) is 0 Å². The molecule has 0 aromatic heterocycles. The third kappa shape index (κ3) is 3.47. The molecule has 4 heteroatoms. The highest BCUT2D eigenvalue weighted by molar-refractivity contribution is 5.92. The predicted molar refractivity (Wildman–Crippen MR) is 69.7 cm³/mol. The van der Waals surface area contributed by atoms with Crippen molar-refractivity contribution in [3.8, 4) is 5.75 Å². The summed E-state index contributed by atoms with van der Waals surface area (Å²) in [6.45, 7) is 2.73. The summed E-state index contributed by atoms with van der Waals surface area (Å²) in [5.74, 6) is 0.0254. The third-order valence-electron chi connectivity index (χ3n) is 3.14. The molecular weight excluding hydrogens is 230 g/mol. The molecule has 0 aliphatic carbocycles. The molecule has 1 aliphatic rings. The fourth-order valence-electron chi connectivity index (χ4n) is 2.13. The van der Waals surface area contributed by atoms with Crippen molar-refractivity contribution >= 4 is 11.6 Å². The van der Waals surface area contributed by atoms with Gasteiger partial charge in [0.25, 0.3) is 0 Å². The quantitative estimate of drug-likeness (QED) is 0.806. The molecule has 18 heavy (non-hydrogen) atoms. The van der Waals surface area contributed by atoms with E-state index in [1.54, 1.807) is 18.2 Å². The molecule has 1 amide bonds. The van der Waals surface area contributed by atoms with Gasteiger partial charge in [-0.2, -0.15) is 0 Å². The molecule has 2 N–H and O–H groups in total. The lowest BCUT2D eigenvalue weighted by molar-refractivity contribution is -0.116. The number of hydrogen-bond donors (Lipinski definition) is 2. The first kappa shape index (κ1) is 12.9. The van der Waals surface area contributed by atoms with Gasteiger partial charge in [0.1, 0.15) is 5.75 Å². The van der Waals surface area contributed by atoms with Gasteiger partial charge in [0.2, 0.25) is 5.91 Å². The molecule has 1 unspecified atom stereocenters. The van der Waals surface area contributed by atoms with Crippen LogP contribution in [0.25, 0.3) is 0 Å². The zero-order valence-electron chi connectivity index (χ0n) is 10.6. The zero-order valence-corrected chi connectivity index (χ0v) is 10.6. The summed E-state index contributed by atoms with van der Waals surface area (Å²) in [4.78, 5) is 11.8. The fraction of sp³-hybridized carbons (Fsp3) is 0.500. The number of aryl methyl sites for hydroxylation is 1. The minimum absolute atomic E-state index is 0.0774. The van der Waals surface area contributed by atoms with Crippen molar-refractivity contribution in [1.82, 2.24) is 0 Å². The van der Waals surface area contributed by atoms with Gasteiger partial charge in [0, 0.05) is 13.0 Å². The van der Waals surface area contributed by atoms with Crippen LogP contribution in [0.3, 0.4) is 0 Å². The van der Waals surface area contributed by atoms with Crippen LogP contribution < -0.4 is 5.32 Å².